The number of rotatable bonds is 4. The number of halogens is 1. The van der Waals surface area contributed by atoms with Gasteiger partial charge in [0.25, 0.3) is 5.91 Å². The molecular formula is C24H16FN3O3. The summed E-state index contributed by atoms with van der Waals surface area (Å²) in [6.45, 7) is 0. The Kier molecular flexibility index (Phi) is 4.43. The van der Waals surface area contributed by atoms with Crippen LogP contribution < -0.4 is 9.91 Å². The van der Waals surface area contributed by atoms with Gasteiger partial charge in [0.1, 0.15) is 23.5 Å². The van der Waals surface area contributed by atoms with Crippen LogP contribution in [0.4, 0.5) is 15.8 Å². The summed E-state index contributed by atoms with van der Waals surface area (Å²) in [6.07, 6.45) is 0. The number of ketones is 1. The molecule has 2 atom stereocenters. The number of hydrogen-bond donors (Lipinski definition) is 0. The van der Waals surface area contributed by atoms with Crippen LogP contribution in [0.15, 0.2) is 90.0 Å². The number of benzene rings is 3. The number of carbonyl (C=O) groups is 3. The van der Waals surface area contributed by atoms with Gasteiger partial charge in [0.05, 0.1) is 11.4 Å². The van der Waals surface area contributed by atoms with Crippen molar-refractivity contribution in [2.75, 3.05) is 9.91 Å². The predicted octanol–water partition coefficient (Wildman–Crippen LogP) is 3.44. The SMILES string of the molecule is O=C(C1=NN(c2ccccc2)[C@@H]2C(=O)N(c3ccc(F)cc3)C(=O)[C@@H]12)c1ccccc1. The van der Waals surface area contributed by atoms with Gasteiger partial charge in [-0.25, -0.2) is 9.29 Å². The van der Waals surface area contributed by atoms with E-state index in [1.54, 1.807) is 54.6 Å². The molecular weight excluding hydrogens is 397 g/mol. The summed E-state index contributed by atoms with van der Waals surface area (Å²) in [5, 5.41) is 5.87. The smallest absolute Gasteiger partial charge is 0.259 e. The summed E-state index contributed by atoms with van der Waals surface area (Å²) in [7, 11) is 0. The summed E-state index contributed by atoms with van der Waals surface area (Å²) in [4.78, 5) is 40.9. The molecule has 0 aromatic heterocycles. The predicted molar refractivity (Wildman–Crippen MR) is 113 cm³/mol. The molecule has 1 saturated heterocycles. The highest BCUT2D eigenvalue weighted by molar-refractivity contribution is 6.53. The van der Waals surface area contributed by atoms with Crippen molar-refractivity contribution in [1.82, 2.24) is 0 Å². The van der Waals surface area contributed by atoms with Crippen LogP contribution in [-0.2, 0) is 9.59 Å². The van der Waals surface area contributed by atoms with E-state index >= 15 is 0 Å². The number of anilines is 2. The minimum absolute atomic E-state index is 0.0167. The molecule has 2 heterocycles. The molecule has 0 aliphatic carbocycles. The van der Waals surface area contributed by atoms with E-state index in [0.29, 0.717) is 11.3 Å². The van der Waals surface area contributed by atoms with Crippen LogP contribution in [0.2, 0.25) is 0 Å². The first kappa shape index (κ1) is 18.9. The fourth-order valence-corrected chi connectivity index (χ4v) is 3.98. The van der Waals surface area contributed by atoms with Crippen molar-refractivity contribution in [1.29, 1.82) is 0 Å². The van der Waals surface area contributed by atoms with Gasteiger partial charge in [0, 0.05) is 5.56 Å². The van der Waals surface area contributed by atoms with Gasteiger partial charge >= 0.3 is 0 Å². The number of hydrogen-bond acceptors (Lipinski definition) is 5. The van der Waals surface area contributed by atoms with Crippen LogP contribution in [0.5, 0.6) is 0 Å². The molecule has 0 radical (unpaired) electrons. The zero-order valence-corrected chi connectivity index (χ0v) is 16.2. The van der Waals surface area contributed by atoms with Crippen LogP contribution in [0.1, 0.15) is 10.4 Å². The third-order valence-corrected chi connectivity index (χ3v) is 5.42. The number of fused-ring (bicyclic) bond motifs is 1. The maximum absolute atomic E-state index is 13.4. The number of para-hydroxylation sites is 1. The summed E-state index contributed by atoms with van der Waals surface area (Å²) in [5.74, 6) is -3.00. The van der Waals surface area contributed by atoms with Crippen molar-refractivity contribution in [2.24, 2.45) is 11.0 Å². The van der Waals surface area contributed by atoms with Crippen LogP contribution >= 0.6 is 0 Å². The highest BCUT2D eigenvalue weighted by Gasteiger charge is 2.58. The maximum Gasteiger partial charge on any atom is 0.259 e. The van der Waals surface area contributed by atoms with Gasteiger partial charge < -0.3 is 0 Å². The molecule has 2 amide bonds. The normalized spacial score (nSPS) is 20.1. The summed E-state index contributed by atoms with van der Waals surface area (Å²) >= 11 is 0. The van der Waals surface area contributed by atoms with E-state index in [-0.39, 0.29) is 11.4 Å². The Hall–Kier alpha value is -4.13. The molecule has 0 N–H and O–H groups in total. The molecule has 2 aliphatic heterocycles. The van der Waals surface area contributed by atoms with Crippen LogP contribution in [0.3, 0.4) is 0 Å². The molecule has 1 fully saturated rings. The lowest BCUT2D eigenvalue weighted by Gasteiger charge is -2.22. The van der Waals surface area contributed by atoms with Crippen LogP contribution in [0.25, 0.3) is 0 Å². The van der Waals surface area contributed by atoms with Crippen molar-refractivity contribution in [2.45, 2.75) is 6.04 Å². The zero-order chi connectivity index (χ0) is 21.5. The maximum atomic E-state index is 13.4. The average Bonchev–Trinajstić information content (AvgIpc) is 3.32. The molecule has 0 saturated carbocycles. The van der Waals surface area contributed by atoms with Crippen molar-refractivity contribution in [3.8, 4) is 0 Å². The Balaban J connectivity index is 1.61. The number of nitrogens with zero attached hydrogens (tertiary/aromatic N) is 3. The first-order valence-electron chi connectivity index (χ1n) is 9.72. The van der Waals surface area contributed by atoms with Gasteiger partial charge in [-0.2, -0.15) is 5.10 Å². The Bertz CT molecular complexity index is 1210. The van der Waals surface area contributed by atoms with E-state index in [4.69, 9.17) is 0 Å². The fourth-order valence-electron chi connectivity index (χ4n) is 3.98. The first-order chi connectivity index (χ1) is 15.1. The largest absolute Gasteiger partial charge is 0.287 e. The molecule has 7 heteroatoms. The van der Waals surface area contributed by atoms with Gasteiger partial charge in [-0.1, -0.05) is 48.5 Å². The number of carbonyl (C=O) groups excluding carboxylic acids is 3. The van der Waals surface area contributed by atoms with Gasteiger partial charge in [0.15, 0.2) is 0 Å². The second-order valence-corrected chi connectivity index (χ2v) is 7.27. The Morgan fingerprint density at radius 3 is 2.03 bits per heavy atom. The lowest BCUT2D eigenvalue weighted by molar-refractivity contribution is -0.121. The second-order valence-electron chi connectivity index (χ2n) is 7.27. The average molecular weight is 413 g/mol. The van der Waals surface area contributed by atoms with E-state index in [1.807, 2.05) is 6.07 Å². The molecule has 0 bridgehead atoms. The highest BCUT2D eigenvalue weighted by Crippen LogP contribution is 2.38. The molecule has 0 unspecified atom stereocenters. The third-order valence-electron chi connectivity index (χ3n) is 5.42. The molecule has 31 heavy (non-hydrogen) atoms. The molecule has 2 aliphatic rings. The fraction of sp³-hybridized carbons (Fsp3) is 0.0833. The molecule has 3 aromatic carbocycles. The van der Waals surface area contributed by atoms with Crippen molar-refractivity contribution >= 4 is 34.7 Å². The Labute approximate surface area is 177 Å². The lowest BCUT2D eigenvalue weighted by Crippen LogP contribution is -2.39. The number of Topliss-reactive ketones (excluding diaryl/α,β-unsaturated/α-hetero) is 1. The van der Waals surface area contributed by atoms with Gasteiger partial charge in [-0.05, 0) is 36.4 Å². The molecule has 152 valence electrons. The monoisotopic (exact) mass is 413 g/mol. The second kappa shape index (κ2) is 7.28. The number of imide groups is 1. The minimum atomic E-state index is -1.05. The van der Waals surface area contributed by atoms with Crippen molar-refractivity contribution < 1.29 is 18.8 Å². The lowest BCUT2D eigenvalue weighted by atomic mass is 9.92. The zero-order valence-electron chi connectivity index (χ0n) is 16.2. The summed E-state index contributed by atoms with van der Waals surface area (Å²) in [5.41, 5.74) is 1.25. The molecule has 3 aromatic rings. The van der Waals surface area contributed by atoms with Crippen molar-refractivity contribution in [3.63, 3.8) is 0 Å². The number of hydrazone groups is 1. The van der Waals surface area contributed by atoms with Gasteiger partial charge in [-0.15, -0.1) is 0 Å². The summed E-state index contributed by atoms with van der Waals surface area (Å²) in [6, 6.07) is 21.6. The highest BCUT2D eigenvalue weighted by atomic mass is 19.1. The van der Waals surface area contributed by atoms with E-state index in [2.05, 4.69) is 5.10 Å². The third kappa shape index (κ3) is 3.02. The van der Waals surface area contributed by atoms with Gasteiger partial charge in [-0.3, -0.25) is 19.4 Å². The number of amides is 2. The molecule has 0 spiro atoms. The Morgan fingerprint density at radius 2 is 1.39 bits per heavy atom. The quantitative estimate of drug-likeness (QED) is 0.485. The van der Waals surface area contributed by atoms with Gasteiger partial charge in [0.2, 0.25) is 11.7 Å². The molecule has 6 nitrogen and oxygen atoms in total. The molecule has 5 rings (SSSR count). The van der Waals surface area contributed by atoms with Crippen LogP contribution in [-0.4, -0.2) is 29.4 Å². The Morgan fingerprint density at radius 1 is 0.774 bits per heavy atom. The standard InChI is InChI=1S/C24H16FN3O3/c25-16-11-13-17(14-12-16)27-23(30)19-20(22(29)15-7-3-1-4-8-15)26-28(21(19)24(27)31)18-9-5-2-6-10-18/h1-14,19,21H/t19-,21-/m0/s1. The van der Waals surface area contributed by atoms with Crippen LogP contribution in [0, 0.1) is 11.7 Å². The van der Waals surface area contributed by atoms with E-state index in [0.717, 1.165) is 4.90 Å². The summed E-state index contributed by atoms with van der Waals surface area (Å²) < 4.78 is 13.4. The van der Waals surface area contributed by atoms with E-state index in [1.165, 1.54) is 29.3 Å². The van der Waals surface area contributed by atoms with Crippen molar-refractivity contribution in [3.05, 3.63) is 96.3 Å². The first-order valence-corrected chi connectivity index (χ1v) is 9.72. The van der Waals surface area contributed by atoms with E-state index < -0.39 is 35.4 Å². The van der Waals surface area contributed by atoms with E-state index in [9.17, 15) is 18.8 Å². The topological polar surface area (TPSA) is 70.1 Å². The minimum Gasteiger partial charge on any atom is -0.287 e.